The minimum absolute atomic E-state index is 0.0902. The molecule has 0 N–H and O–H groups in total. The second-order valence-corrected chi connectivity index (χ2v) is 5.28. The first-order valence-electron chi connectivity index (χ1n) is 10.3. The zero-order valence-corrected chi connectivity index (χ0v) is 14.1. The van der Waals surface area contributed by atoms with Crippen molar-refractivity contribution < 1.29 is 48.3 Å². The van der Waals surface area contributed by atoms with Gasteiger partial charge in [-0.25, -0.2) is 0 Å². The van der Waals surface area contributed by atoms with E-state index < -0.39 is 88.6 Å². The highest BCUT2D eigenvalue weighted by molar-refractivity contribution is 5.68. The van der Waals surface area contributed by atoms with Gasteiger partial charge in [-0.1, -0.05) is 6.08 Å². The van der Waals surface area contributed by atoms with E-state index in [4.69, 9.17) is 29.2 Å². The average molecular weight is 376 g/mol. The molecule has 9 nitrogen and oxygen atoms in total. The van der Waals surface area contributed by atoms with Gasteiger partial charge in [0.2, 0.25) is 0 Å². The van der Waals surface area contributed by atoms with Crippen LogP contribution in [0.4, 0.5) is 0 Å². The largest absolute Gasteiger partial charge is 0.463 e. The molecule has 1 saturated heterocycles. The smallest absolute Gasteiger partial charge is 0.303 e. The number of esters is 4. The Labute approximate surface area is 157 Å². The van der Waals surface area contributed by atoms with Gasteiger partial charge in [-0.05, 0) is 6.42 Å². The number of carbonyl (C=O) groups excluding carboxylic acids is 4. The maximum Gasteiger partial charge on any atom is 0.303 e. The molecular weight excluding hydrogens is 348 g/mol. The Bertz CT molecular complexity index is 630. The van der Waals surface area contributed by atoms with Gasteiger partial charge >= 0.3 is 23.9 Å². The van der Waals surface area contributed by atoms with Crippen LogP contribution < -0.4 is 0 Å². The van der Waals surface area contributed by atoms with Crippen LogP contribution in [0.2, 0.25) is 0 Å². The van der Waals surface area contributed by atoms with Crippen LogP contribution in [-0.2, 0) is 42.9 Å². The molecule has 26 heavy (non-hydrogen) atoms. The molecule has 9 heteroatoms. The quantitative estimate of drug-likeness (QED) is 0.359. The van der Waals surface area contributed by atoms with E-state index in [-0.39, 0.29) is 6.42 Å². The van der Waals surface area contributed by atoms with Gasteiger partial charge in [0.1, 0.15) is 18.8 Å². The van der Waals surface area contributed by atoms with E-state index in [1.165, 1.54) is 6.08 Å². The molecule has 0 aliphatic carbocycles. The van der Waals surface area contributed by atoms with Crippen LogP contribution in [0.5, 0.6) is 0 Å². The molecular formula is C17H24O9. The maximum absolute atomic E-state index is 11.8. The standard InChI is InChI=1S/C17H24O9/c1-6-7-13-15(23-10(3)19)17(25-12(5)21)16(24-11(4)20)14(26-13)8-22-9(2)18/h6,13-17H,1,7-8H2,2-5H3/t13?,14-,15+,16-,17-/m1/s1/i2D,3D,4D,5D. The van der Waals surface area contributed by atoms with Crippen molar-refractivity contribution in [1.82, 2.24) is 0 Å². The lowest BCUT2D eigenvalue weighted by Crippen LogP contribution is -2.62. The van der Waals surface area contributed by atoms with Crippen LogP contribution in [0.3, 0.4) is 0 Å². The molecule has 1 aliphatic heterocycles. The molecule has 146 valence electrons. The van der Waals surface area contributed by atoms with E-state index in [0.717, 1.165) is 0 Å². The Hall–Kier alpha value is -2.42. The zero-order chi connectivity index (χ0) is 22.7. The summed E-state index contributed by atoms with van der Waals surface area (Å²) in [6, 6.07) is 0. The van der Waals surface area contributed by atoms with Gasteiger partial charge < -0.3 is 23.7 Å². The van der Waals surface area contributed by atoms with Crippen LogP contribution >= 0.6 is 0 Å². The number of hydrogen-bond acceptors (Lipinski definition) is 9. The van der Waals surface area contributed by atoms with Crippen LogP contribution in [0.15, 0.2) is 12.7 Å². The van der Waals surface area contributed by atoms with E-state index in [1.54, 1.807) is 0 Å². The van der Waals surface area contributed by atoms with E-state index in [2.05, 4.69) is 6.58 Å². The van der Waals surface area contributed by atoms with Crippen molar-refractivity contribution in [1.29, 1.82) is 0 Å². The van der Waals surface area contributed by atoms with Crippen LogP contribution in [0.1, 0.15) is 39.5 Å². The van der Waals surface area contributed by atoms with E-state index in [0.29, 0.717) is 0 Å². The molecule has 1 rings (SSSR count). The Morgan fingerprint density at radius 2 is 1.38 bits per heavy atom. The number of rotatable bonds is 7. The normalized spacial score (nSPS) is 29.8. The van der Waals surface area contributed by atoms with Crippen molar-refractivity contribution in [2.45, 2.75) is 64.5 Å². The van der Waals surface area contributed by atoms with Gasteiger partial charge in [0.15, 0.2) is 18.3 Å². The molecule has 0 bridgehead atoms. The molecule has 0 aromatic rings. The minimum Gasteiger partial charge on any atom is -0.463 e. The minimum atomic E-state index is -1.45. The van der Waals surface area contributed by atoms with Gasteiger partial charge in [-0.3, -0.25) is 19.2 Å². The van der Waals surface area contributed by atoms with Crippen LogP contribution in [-0.4, -0.2) is 61.0 Å². The summed E-state index contributed by atoms with van der Waals surface area (Å²) in [6.45, 7) is 0.135. The Morgan fingerprint density at radius 3 is 1.88 bits per heavy atom. The number of ether oxygens (including phenoxy) is 5. The summed E-state index contributed by atoms with van der Waals surface area (Å²) in [5, 5.41) is 0. The van der Waals surface area contributed by atoms with Gasteiger partial charge in [-0.15, -0.1) is 6.58 Å². The highest BCUT2D eigenvalue weighted by Crippen LogP contribution is 2.30. The van der Waals surface area contributed by atoms with E-state index in [9.17, 15) is 19.2 Å². The molecule has 1 fully saturated rings. The topological polar surface area (TPSA) is 114 Å². The Morgan fingerprint density at radius 1 is 0.885 bits per heavy atom. The fraction of sp³-hybridized carbons (Fsp3) is 0.647. The fourth-order valence-corrected chi connectivity index (χ4v) is 2.53. The molecule has 0 spiro atoms. The highest BCUT2D eigenvalue weighted by Gasteiger charge is 2.51. The van der Waals surface area contributed by atoms with Gasteiger partial charge in [0.05, 0.1) is 0 Å². The first-order chi connectivity index (χ1) is 14.3. The molecule has 1 heterocycles. The van der Waals surface area contributed by atoms with Crippen molar-refractivity contribution in [3.63, 3.8) is 0 Å². The molecule has 1 aliphatic rings. The summed E-state index contributed by atoms with van der Waals surface area (Å²) >= 11 is 0. The predicted octanol–water partition coefficient (Wildman–Crippen LogP) is 0.688. The third-order valence-corrected chi connectivity index (χ3v) is 3.34. The molecule has 5 atom stereocenters. The number of hydrogen-bond donors (Lipinski definition) is 0. The van der Waals surface area contributed by atoms with Gasteiger partial charge in [-0.2, -0.15) is 0 Å². The van der Waals surface area contributed by atoms with Crippen molar-refractivity contribution in [3.8, 4) is 0 Å². The van der Waals surface area contributed by atoms with Gasteiger partial charge in [0.25, 0.3) is 0 Å². The first kappa shape index (κ1) is 15.8. The second-order valence-electron chi connectivity index (χ2n) is 5.28. The lowest BCUT2D eigenvalue weighted by atomic mass is 9.92. The van der Waals surface area contributed by atoms with E-state index in [1.807, 2.05) is 0 Å². The van der Waals surface area contributed by atoms with Gasteiger partial charge in [0, 0.05) is 33.1 Å². The predicted molar refractivity (Wildman–Crippen MR) is 86.8 cm³/mol. The highest BCUT2D eigenvalue weighted by atomic mass is 16.7. The number of carbonyl (C=O) groups is 4. The average Bonchev–Trinajstić information content (AvgIpc) is 2.75. The molecule has 0 aromatic heterocycles. The molecule has 0 radical (unpaired) electrons. The lowest BCUT2D eigenvalue weighted by Gasteiger charge is -2.44. The SMILES string of the molecule is [2H]CC(=O)OC[C@H]1OC(CC=C)[C@H](OC(=O)C[2H])[C@@H](OC(=O)C[2H])[C@@H]1OC(=O)C[2H]. The van der Waals surface area contributed by atoms with Crippen molar-refractivity contribution >= 4 is 23.9 Å². The summed E-state index contributed by atoms with van der Waals surface area (Å²) in [5.41, 5.74) is 0. The third-order valence-electron chi connectivity index (χ3n) is 3.34. The second kappa shape index (κ2) is 9.91. The summed E-state index contributed by atoms with van der Waals surface area (Å²) in [7, 11) is 0. The monoisotopic (exact) mass is 376 g/mol. The molecule has 1 unspecified atom stereocenters. The summed E-state index contributed by atoms with van der Waals surface area (Å²) < 4.78 is 54.7. The Kier molecular flexibility index (Phi) is 6.02. The van der Waals surface area contributed by atoms with Crippen LogP contribution in [0.25, 0.3) is 0 Å². The summed E-state index contributed by atoms with van der Waals surface area (Å²) in [6.07, 6.45) is -4.84. The molecule has 0 amide bonds. The van der Waals surface area contributed by atoms with Crippen molar-refractivity contribution in [2.24, 2.45) is 0 Å². The molecule has 0 aromatic carbocycles. The van der Waals surface area contributed by atoms with E-state index >= 15 is 0 Å². The summed E-state index contributed by atoms with van der Waals surface area (Å²) in [5.74, 6) is -3.87. The van der Waals surface area contributed by atoms with Crippen molar-refractivity contribution in [3.05, 3.63) is 12.7 Å². The third kappa shape index (κ3) is 6.47. The lowest BCUT2D eigenvalue weighted by molar-refractivity contribution is -0.251. The van der Waals surface area contributed by atoms with Crippen molar-refractivity contribution in [2.75, 3.05) is 6.61 Å². The zero-order valence-electron chi connectivity index (χ0n) is 18.1. The summed E-state index contributed by atoms with van der Waals surface area (Å²) in [4.78, 5) is 46.7. The Balaban J connectivity index is 3.32. The fourth-order valence-electron chi connectivity index (χ4n) is 2.53. The maximum atomic E-state index is 11.8. The van der Waals surface area contributed by atoms with Crippen LogP contribution in [0, 0.1) is 0 Å². The first-order valence-corrected chi connectivity index (χ1v) is 7.48. The molecule has 0 saturated carbocycles.